The summed E-state index contributed by atoms with van der Waals surface area (Å²) in [6.45, 7) is 5.94. The lowest BCUT2D eigenvalue weighted by atomic mass is 9.81. The summed E-state index contributed by atoms with van der Waals surface area (Å²) in [5, 5.41) is 0.868. The zero-order chi connectivity index (χ0) is 38.6. The van der Waals surface area contributed by atoms with E-state index in [1.54, 1.807) is 24.4 Å². The number of halogens is 4. The van der Waals surface area contributed by atoms with Gasteiger partial charge in [-0.1, -0.05) is 43.3 Å². The fraction of sp³-hybridized carbons (Fsp3) is 0.447. The van der Waals surface area contributed by atoms with Gasteiger partial charge in [0, 0.05) is 48.3 Å². The van der Waals surface area contributed by atoms with Gasteiger partial charge in [-0.2, -0.15) is 4.31 Å². The Bertz CT molecular complexity index is 1910. The molecule has 0 amide bonds. The zero-order valence-corrected chi connectivity index (χ0v) is 33.9. The molecule has 0 bridgehead atoms. The van der Waals surface area contributed by atoms with Crippen LogP contribution in [-0.4, -0.2) is 107 Å². The fourth-order valence-electron chi connectivity index (χ4n) is 5.86. The zero-order valence-electron chi connectivity index (χ0n) is 31.5. The van der Waals surface area contributed by atoms with Crippen LogP contribution in [0.3, 0.4) is 0 Å². The number of benzene rings is 3. The summed E-state index contributed by atoms with van der Waals surface area (Å²) in [5.41, 5.74) is 1.25. The first-order valence-corrected chi connectivity index (χ1v) is 19.8. The summed E-state index contributed by atoms with van der Waals surface area (Å²) >= 11 is 7.39. The first-order chi connectivity index (χ1) is 24.1. The summed E-state index contributed by atoms with van der Waals surface area (Å²) in [4.78, 5) is 4.22. The molecule has 4 rings (SSSR count). The number of methoxy groups -OCH3 is 1. The Labute approximate surface area is 316 Å². The Hall–Kier alpha value is -3.07. The van der Waals surface area contributed by atoms with Crippen molar-refractivity contribution >= 4 is 33.4 Å². The Morgan fingerprint density at radius 3 is 1.96 bits per heavy atom. The molecule has 1 aromatic heterocycles. The van der Waals surface area contributed by atoms with Crippen molar-refractivity contribution in [2.75, 3.05) is 75.6 Å². The third-order valence-electron chi connectivity index (χ3n) is 8.90. The number of nitrogens with zero attached hydrogens (tertiary/aromatic N) is 5. The van der Waals surface area contributed by atoms with E-state index >= 15 is 8.78 Å². The monoisotopic (exact) mass is 781 g/mol. The van der Waals surface area contributed by atoms with Crippen molar-refractivity contribution < 1.29 is 35.3 Å². The molecule has 0 saturated heterocycles. The molecular weight excluding hydrogens is 731 g/mol. The molecule has 0 atom stereocenters. The van der Waals surface area contributed by atoms with Crippen molar-refractivity contribution in [3.8, 4) is 11.4 Å². The van der Waals surface area contributed by atoms with E-state index in [0.29, 0.717) is 43.4 Å². The van der Waals surface area contributed by atoms with Crippen LogP contribution >= 0.6 is 23.4 Å². The number of hydrogen-bond donors (Lipinski definition) is 0. The van der Waals surface area contributed by atoms with Gasteiger partial charge < -0.3 is 13.7 Å². The third-order valence-corrected chi connectivity index (χ3v) is 12.1. The van der Waals surface area contributed by atoms with E-state index in [2.05, 4.69) is 4.98 Å². The molecule has 0 radical (unpaired) electrons. The first-order valence-electron chi connectivity index (χ1n) is 17.0. The van der Waals surface area contributed by atoms with Gasteiger partial charge in [0.05, 0.1) is 84.3 Å². The van der Waals surface area contributed by atoms with Crippen molar-refractivity contribution in [1.82, 2.24) is 13.9 Å². The Morgan fingerprint density at radius 1 is 0.885 bits per heavy atom. The lowest BCUT2D eigenvalue weighted by molar-refractivity contribution is -0.870. The molecular formula is C38H51ClF3N5O3S2+2. The molecule has 8 nitrogen and oxygen atoms in total. The van der Waals surface area contributed by atoms with E-state index in [1.807, 2.05) is 72.8 Å². The molecule has 0 aliphatic rings. The normalized spacial score (nSPS) is 12.9. The van der Waals surface area contributed by atoms with Crippen molar-refractivity contribution in [2.24, 2.45) is 0 Å². The van der Waals surface area contributed by atoms with Gasteiger partial charge in [-0.15, -0.1) is 0 Å². The third kappa shape index (κ3) is 10.3. The number of hydrogen-bond acceptors (Lipinski definition) is 5. The highest BCUT2D eigenvalue weighted by atomic mass is 35.5. The second-order valence-electron chi connectivity index (χ2n) is 15.5. The van der Waals surface area contributed by atoms with Gasteiger partial charge in [0.25, 0.3) is 0 Å². The van der Waals surface area contributed by atoms with Gasteiger partial charge in [0.1, 0.15) is 23.2 Å². The van der Waals surface area contributed by atoms with E-state index in [1.165, 1.54) is 23.5 Å². The second-order valence-corrected chi connectivity index (χ2v) is 18.8. The topological polar surface area (TPSA) is 64.4 Å². The Balaban J connectivity index is 1.66. The van der Waals surface area contributed by atoms with E-state index in [9.17, 15) is 12.8 Å². The van der Waals surface area contributed by atoms with Crippen LogP contribution in [0.5, 0.6) is 5.75 Å². The summed E-state index contributed by atoms with van der Waals surface area (Å²) < 4.78 is 83.2. The average Bonchev–Trinajstić information content (AvgIpc) is 3.47. The largest absolute Gasteiger partial charge is 0.495 e. The van der Waals surface area contributed by atoms with Crippen LogP contribution in [-0.2, 0) is 21.2 Å². The van der Waals surface area contributed by atoms with Gasteiger partial charge in [-0.3, -0.25) is 4.57 Å². The SMILES string of the molecule is COc1cc(C(C)(C)c2cnc(SCc3c(F)cc(S(=O)(=O)N(CCC[N+](C)(C)C)CCC[N+](C)(C)C)cc3F)n2-c2ccc(F)cc2)ccc1Cl. The van der Waals surface area contributed by atoms with Gasteiger partial charge in [0.15, 0.2) is 5.16 Å². The van der Waals surface area contributed by atoms with E-state index in [-0.39, 0.29) is 24.4 Å². The summed E-state index contributed by atoms with van der Waals surface area (Å²) in [7, 11) is 9.52. The molecule has 0 spiro atoms. The highest BCUT2D eigenvalue weighted by molar-refractivity contribution is 7.98. The van der Waals surface area contributed by atoms with E-state index < -0.39 is 37.8 Å². The highest BCUT2D eigenvalue weighted by Crippen LogP contribution is 2.39. The highest BCUT2D eigenvalue weighted by Gasteiger charge is 2.32. The molecule has 3 aromatic carbocycles. The van der Waals surface area contributed by atoms with Crippen LogP contribution in [0.25, 0.3) is 5.69 Å². The number of sulfonamides is 1. The van der Waals surface area contributed by atoms with Crippen molar-refractivity contribution in [3.63, 3.8) is 0 Å². The van der Waals surface area contributed by atoms with Crippen LogP contribution in [0.4, 0.5) is 13.2 Å². The minimum Gasteiger partial charge on any atom is -0.495 e. The standard InChI is InChI=1S/C38H51ClF3N5O3S2/c1-38(2,27-12-17-32(39)35(22-27)50-9)36-25-43-37(45(36)29-15-13-28(40)14-16-29)51-26-31-33(41)23-30(24-34(31)42)52(48,49)44(18-10-20-46(3,4)5)19-11-21-47(6,7)8/h12-17,22-25H,10-11,18-21,26H2,1-9H3/q+2. The quantitative estimate of drug-likeness (QED) is 0.0811. The van der Waals surface area contributed by atoms with Crippen molar-refractivity contribution in [3.05, 3.63) is 100 Å². The smallest absolute Gasteiger partial charge is 0.243 e. The predicted molar refractivity (Wildman–Crippen MR) is 203 cm³/mol. The lowest BCUT2D eigenvalue weighted by Crippen LogP contribution is -2.41. The Kier molecular flexibility index (Phi) is 13.2. The summed E-state index contributed by atoms with van der Waals surface area (Å²) in [6, 6.07) is 13.2. The van der Waals surface area contributed by atoms with Crippen LogP contribution in [0.1, 0.15) is 43.5 Å². The number of rotatable bonds is 17. The average molecular weight is 782 g/mol. The van der Waals surface area contributed by atoms with E-state index in [4.69, 9.17) is 16.3 Å². The van der Waals surface area contributed by atoms with Crippen molar-refractivity contribution in [1.29, 1.82) is 0 Å². The first kappa shape index (κ1) is 41.7. The maximum absolute atomic E-state index is 15.8. The van der Waals surface area contributed by atoms with Gasteiger partial charge in [-0.05, 0) is 54.1 Å². The molecule has 0 aliphatic carbocycles. The van der Waals surface area contributed by atoms with Crippen LogP contribution in [0.15, 0.2) is 70.8 Å². The van der Waals surface area contributed by atoms with Crippen LogP contribution in [0.2, 0.25) is 5.02 Å². The minimum atomic E-state index is -4.19. The number of ether oxygens (including phenoxy) is 1. The maximum Gasteiger partial charge on any atom is 0.243 e. The molecule has 0 N–H and O–H groups in total. The predicted octanol–water partition coefficient (Wildman–Crippen LogP) is 7.75. The molecule has 0 unspecified atom stereocenters. The number of imidazole rings is 1. The summed E-state index contributed by atoms with van der Waals surface area (Å²) in [6.07, 6.45) is 2.87. The molecule has 0 fully saturated rings. The number of aromatic nitrogens is 2. The van der Waals surface area contributed by atoms with Gasteiger partial charge >= 0.3 is 0 Å². The van der Waals surface area contributed by atoms with Gasteiger partial charge in [0.2, 0.25) is 10.0 Å². The molecule has 0 saturated carbocycles. The Morgan fingerprint density at radius 2 is 1.44 bits per heavy atom. The van der Waals surface area contributed by atoms with Gasteiger partial charge in [-0.25, -0.2) is 26.6 Å². The fourth-order valence-corrected chi connectivity index (χ4v) is 8.61. The molecule has 284 valence electrons. The number of thioether (sulfide) groups is 1. The molecule has 0 aliphatic heterocycles. The van der Waals surface area contributed by atoms with E-state index in [0.717, 1.165) is 48.2 Å². The van der Waals surface area contributed by atoms with Crippen LogP contribution < -0.4 is 4.74 Å². The second kappa shape index (κ2) is 16.5. The molecule has 1 heterocycles. The summed E-state index contributed by atoms with van der Waals surface area (Å²) in [5.74, 6) is -2.01. The molecule has 52 heavy (non-hydrogen) atoms. The van der Waals surface area contributed by atoms with Crippen LogP contribution in [0, 0.1) is 17.5 Å². The molecule has 4 aromatic rings. The minimum absolute atomic E-state index is 0.179. The maximum atomic E-state index is 15.8. The lowest BCUT2D eigenvalue weighted by Gasteiger charge is -2.28. The number of quaternary nitrogens is 2. The molecule has 14 heteroatoms. The van der Waals surface area contributed by atoms with Crippen molar-refractivity contribution in [2.45, 2.75) is 47.9 Å².